The van der Waals surface area contributed by atoms with Gasteiger partial charge in [-0.3, -0.25) is 4.79 Å². The molecule has 38 heavy (non-hydrogen) atoms. The van der Waals surface area contributed by atoms with Crippen LogP contribution in [-0.4, -0.2) is 41.4 Å². The van der Waals surface area contributed by atoms with Crippen molar-refractivity contribution in [1.82, 2.24) is 9.80 Å². The van der Waals surface area contributed by atoms with Gasteiger partial charge in [-0.15, -0.1) is 0 Å². The Balaban J connectivity index is 1.44. The lowest BCUT2D eigenvalue weighted by molar-refractivity contribution is 0.0728. The van der Waals surface area contributed by atoms with Gasteiger partial charge >= 0.3 is 0 Å². The maximum Gasteiger partial charge on any atom is 0.254 e. The third-order valence-corrected chi connectivity index (χ3v) is 8.35. The van der Waals surface area contributed by atoms with Gasteiger partial charge in [0.25, 0.3) is 5.91 Å². The summed E-state index contributed by atoms with van der Waals surface area (Å²) < 4.78 is 0. The summed E-state index contributed by atoms with van der Waals surface area (Å²) in [5, 5.41) is 4.94. The van der Waals surface area contributed by atoms with Crippen molar-refractivity contribution < 1.29 is 4.79 Å². The van der Waals surface area contributed by atoms with Crippen LogP contribution in [0.4, 0.5) is 0 Å². The average molecular weight is 507 g/mol. The van der Waals surface area contributed by atoms with Gasteiger partial charge in [-0.05, 0) is 96.4 Å². The van der Waals surface area contributed by atoms with E-state index in [1.54, 1.807) is 0 Å². The molecule has 1 atom stereocenters. The molecule has 198 valence electrons. The molecule has 0 aromatic heterocycles. The number of likely N-dealkylation sites (tertiary alicyclic amines) is 1. The first-order valence-corrected chi connectivity index (χ1v) is 14.7. The van der Waals surface area contributed by atoms with Crippen LogP contribution in [0.1, 0.15) is 73.9 Å². The molecule has 3 nitrogen and oxygen atoms in total. The lowest BCUT2D eigenvalue weighted by atomic mass is 9.96. The fraction of sp³-hybridized carbons (Fsp3) is 0.400. The minimum absolute atomic E-state index is 0.135. The van der Waals surface area contributed by atoms with Crippen LogP contribution >= 0.6 is 0 Å². The molecule has 0 N–H and O–H groups in total. The van der Waals surface area contributed by atoms with Crippen molar-refractivity contribution in [3.63, 3.8) is 0 Å². The van der Waals surface area contributed by atoms with Gasteiger partial charge in [0.15, 0.2) is 0 Å². The van der Waals surface area contributed by atoms with E-state index in [-0.39, 0.29) is 5.91 Å². The molecule has 4 aromatic carbocycles. The second-order valence-electron chi connectivity index (χ2n) is 11.1. The first kappa shape index (κ1) is 26.4. The van der Waals surface area contributed by atoms with E-state index in [2.05, 4.69) is 90.4 Å². The second kappa shape index (κ2) is 12.6. The van der Waals surface area contributed by atoms with Crippen molar-refractivity contribution in [1.29, 1.82) is 0 Å². The number of aryl methyl sites for hydroxylation is 1. The number of nitrogens with zero attached hydrogens (tertiary/aromatic N) is 2. The maximum absolute atomic E-state index is 14.0. The van der Waals surface area contributed by atoms with Gasteiger partial charge < -0.3 is 9.80 Å². The van der Waals surface area contributed by atoms with Crippen LogP contribution in [0, 0.1) is 0 Å². The highest BCUT2D eigenvalue weighted by Crippen LogP contribution is 2.30. The molecule has 0 saturated carbocycles. The van der Waals surface area contributed by atoms with E-state index >= 15 is 0 Å². The first-order chi connectivity index (χ1) is 18.6. The zero-order valence-corrected chi connectivity index (χ0v) is 23.2. The quantitative estimate of drug-likeness (QED) is 0.202. The number of carbonyl (C=O) groups is 1. The molecule has 1 aliphatic rings. The normalized spacial score (nSPS) is 16.2. The first-order valence-electron chi connectivity index (χ1n) is 14.7. The molecule has 4 aromatic rings. The predicted molar refractivity (Wildman–Crippen MR) is 161 cm³/mol. The van der Waals surface area contributed by atoms with E-state index in [0.29, 0.717) is 12.6 Å². The number of carbonyl (C=O) groups excluding carboxylic acids is 1. The van der Waals surface area contributed by atoms with Crippen LogP contribution in [-0.2, 0) is 13.0 Å². The molecule has 1 amide bonds. The molecule has 0 radical (unpaired) electrons. The summed E-state index contributed by atoms with van der Waals surface area (Å²) in [7, 11) is 0. The molecule has 3 heteroatoms. The van der Waals surface area contributed by atoms with Crippen LogP contribution in [0.2, 0.25) is 0 Å². The molecule has 1 unspecified atom stereocenters. The van der Waals surface area contributed by atoms with Crippen molar-refractivity contribution >= 4 is 27.5 Å². The van der Waals surface area contributed by atoms with E-state index < -0.39 is 0 Å². The van der Waals surface area contributed by atoms with Crippen LogP contribution in [0.25, 0.3) is 21.5 Å². The van der Waals surface area contributed by atoms with Crippen LogP contribution in [0.15, 0.2) is 78.9 Å². The SMILES string of the molecule is CCCCc1ccc(C(=O)N(CCCN2CCCCC2C)Cc2c3ccccc3cc3ccccc23)cc1. The van der Waals surface area contributed by atoms with E-state index in [1.165, 1.54) is 71.3 Å². The number of rotatable bonds is 10. The highest BCUT2D eigenvalue weighted by molar-refractivity contribution is 6.03. The summed E-state index contributed by atoms with van der Waals surface area (Å²) >= 11 is 0. The highest BCUT2D eigenvalue weighted by atomic mass is 16.2. The van der Waals surface area contributed by atoms with Crippen LogP contribution in [0.3, 0.4) is 0 Å². The van der Waals surface area contributed by atoms with Crippen molar-refractivity contribution in [2.45, 2.75) is 71.4 Å². The predicted octanol–water partition coefficient (Wildman–Crippen LogP) is 8.24. The molecule has 1 saturated heterocycles. The largest absolute Gasteiger partial charge is 0.334 e. The number of hydrogen-bond donors (Lipinski definition) is 0. The Morgan fingerprint density at radius 2 is 1.58 bits per heavy atom. The maximum atomic E-state index is 14.0. The van der Waals surface area contributed by atoms with Gasteiger partial charge in [-0.2, -0.15) is 0 Å². The number of amides is 1. The smallest absolute Gasteiger partial charge is 0.254 e. The standard InChI is InChI=1S/C35H42N2O/c1-3-4-13-28-18-20-29(21-19-28)35(38)37(24-11-23-36-22-10-9-12-27(36)2)26-34-32-16-7-5-14-30(32)25-31-15-6-8-17-33(31)34/h5-8,14-21,25,27H,3-4,9-13,22-24,26H2,1-2H3. The Labute approximate surface area is 228 Å². The van der Waals surface area contributed by atoms with E-state index in [9.17, 15) is 4.79 Å². The van der Waals surface area contributed by atoms with Gasteiger partial charge in [0.05, 0.1) is 0 Å². The Hall–Kier alpha value is -3.17. The summed E-state index contributed by atoms with van der Waals surface area (Å²) in [5.74, 6) is 0.135. The topological polar surface area (TPSA) is 23.6 Å². The Kier molecular flexibility index (Phi) is 8.75. The summed E-state index contributed by atoms with van der Waals surface area (Å²) in [6.45, 7) is 8.19. The van der Waals surface area contributed by atoms with Crippen LogP contribution in [0.5, 0.6) is 0 Å². The van der Waals surface area contributed by atoms with Gasteiger partial charge in [0, 0.05) is 31.2 Å². The zero-order chi connectivity index (χ0) is 26.3. The third-order valence-electron chi connectivity index (χ3n) is 8.35. The number of hydrogen-bond acceptors (Lipinski definition) is 2. The fourth-order valence-corrected chi connectivity index (χ4v) is 6.05. The molecule has 0 bridgehead atoms. The number of piperidine rings is 1. The van der Waals surface area contributed by atoms with E-state index in [1.807, 2.05) is 12.1 Å². The van der Waals surface area contributed by atoms with Crippen molar-refractivity contribution in [2.75, 3.05) is 19.6 Å². The molecule has 1 fully saturated rings. The molecule has 1 aliphatic heterocycles. The lowest BCUT2D eigenvalue weighted by Crippen LogP contribution is -2.40. The Morgan fingerprint density at radius 3 is 2.24 bits per heavy atom. The van der Waals surface area contributed by atoms with Crippen molar-refractivity contribution in [2.24, 2.45) is 0 Å². The third kappa shape index (κ3) is 6.10. The van der Waals surface area contributed by atoms with E-state index in [4.69, 9.17) is 0 Å². The summed E-state index contributed by atoms with van der Waals surface area (Å²) in [4.78, 5) is 18.7. The van der Waals surface area contributed by atoms with Crippen molar-refractivity contribution in [3.8, 4) is 0 Å². The Bertz CT molecular complexity index is 1310. The minimum atomic E-state index is 0.135. The lowest BCUT2D eigenvalue weighted by Gasteiger charge is -2.34. The molecular formula is C35H42N2O. The summed E-state index contributed by atoms with van der Waals surface area (Å²) in [6, 6.07) is 28.5. The number of unbranched alkanes of at least 4 members (excludes halogenated alkanes) is 1. The monoisotopic (exact) mass is 506 g/mol. The highest BCUT2D eigenvalue weighted by Gasteiger charge is 2.21. The minimum Gasteiger partial charge on any atom is -0.334 e. The molecule has 0 aliphatic carbocycles. The molecule has 5 rings (SSSR count). The van der Waals surface area contributed by atoms with E-state index in [0.717, 1.165) is 31.5 Å². The second-order valence-corrected chi connectivity index (χ2v) is 11.1. The van der Waals surface area contributed by atoms with Gasteiger partial charge in [-0.1, -0.05) is 80.4 Å². The number of fused-ring (bicyclic) bond motifs is 2. The summed E-state index contributed by atoms with van der Waals surface area (Å²) in [5.41, 5.74) is 3.35. The zero-order valence-electron chi connectivity index (χ0n) is 23.2. The molecule has 0 spiro atoms. The fourth-order valence-electron chi connectivity index (χ4n) is 6.05. The Morgan fingerprint density at radius 1 is 0.895 bits per heavy atom. The molecule has 1 heterocycles. The average Bonchev–Trinajstić information content (AvgIpc) is 2.96. The number of benzene rings is 4. The van der Waals surface area contributed by atoms with Gasteiger partial charge in [0.2, 0.25) is 0 Å². The van der Waals surface area contributed by atoms with Crippen molar-refractivity contribution in [3.05, 3.63) is 95.6 Å². The van der Waals surface area contributed by atoms with Crippen LogP contribution < -0.4 is 0 Å². The van der Waals surface area contributed by atoms with Gasteiger partial charge in [-0.25, -0.2) is 0 Å². The molecular weight excluding hydrogens is 464 g/mol. The van der Waals surface area contributed by atoms with Gasteiger partial charge in [0.1, 0.15) is 0 Å². The summed E-state index contributed by atoms with van der Waals surface area (Å²) in [6.07, 6.45) is 8.35.